The third kappa shape index (κ3) is 6.73. The molecule has 0 radical (unpaired) electrons. The fourth-order valence-electron chi connectivity index (χ4n) is 4.05. The Kier molecular flexibility index (Phi) is 9.15. The van der Waals surface area contributed by atoms with E-state index in [-0.39, 0.29) is 31.3 Å². The van der Waals surface area contributed by atoms with Crippen LogP contribution in [-0.4, -0.2) is 77.5 Å². The maximum absolute atomic E-state index is 13.4. The van der Waals surface area contributed by atoms with Crippen molar-refractivity contribution < 1.29 is 28.6 Å². The summed E-state index contributed by atoms with van der Waals surface area (Å²) in [6, 6.07) is 7.20. The number of carbonyl (C=O) groups excluding carboxylic acids is 3. The number of aromatic nitrogens is 1. The van der Waals surface area contributed by atoms with E-state index >= 15 is 0 Å². The minimum atomic E-state index is -0.925. The summed E-state index contributed by atoms with van der Waals surface area (Å²) >= 11 is 6.02. The van der Waals surface area contributed by atoms with Crippen molar-refractivity contribution >= 4 is 29.6 Å². The number of hydrogen-bond acceptors (Lipinski definition) is 9. The summed E-state index contributed by atoms with van der Waals surface area (Å²) in [5.41, 5.74) is 1.08. The van der Waals surface area contributed by atoms with Crippen LogP contribution >= 0.6 is 11.6 Å². The Morgan fingerprint density at radius 3 is 2.62 bits per heavy atom. The van der Waals surface area contributed by atoms with Crippen molar-refractivity contribution in [3.63, 3.8) is 0 Å². The molecule has 2 heterocycles. The summed E-state index contributed by atoms with van der Waals surface area (Å²) in [6.07, 6.45) is 7.85. The number of nitrogens with two attached hydrogens (primary N) is 1. The van der Waals surface area contributed by atoms with Crippen molar-refractivity contribution in [3.05, 3.63) is 82.9 Å². The number of imide groups is 1. The molecule has 2 unspecified atom stereocenters. The first-order valence-electron chi connectivity index (χ1n) is 12.1. The molecule has 1 saturated heterocycles. The predicted octanol–water partition coefficient (Wildman–Crippen LogP) is 2.87. The van der Waals surface area contributed by atoms with Crippen LogP contribution in [0.1, 0.15) is 22.3 Å². The number of carbonyl (C=O) groups is 3. The molecule has 0 saturated carbocycles. The van der Waals surface area contributed by atoms with Crippen LogP contribution in [0.2, 0.25) is 5.02 Å². The van der Waals surface area contributed by atoms with Gasteiger partial charge in [-0.3, -0.25) is 15.2 Å². The Balaban J connectivity index is 1.47. The highest BCUT2D eigenvalue weighted by molar-refractivity contribution is 6.30. The zero-order valence-electron chi connectivity index (χ0n) is 21.5. The Hall–Kier alpha value is -3.97. The van der Waals surface area contributed by atoms with Gasteiger partial charge < -0.3 is 14.2 Å². The van der Waals surface area contributed by atoms with Crippen LogP contribution < -0.4 is 15.9 Å². The summed E-state index contributed by atoms with van der Waals surface area (Å²) in [4.78, 5) is 44.7. The Bertz CT molecular complexity index is 1270. The van der Waals surface area contributed by atoms with E-state index in [4.69, 9.17) is 31.7 Å². The number of pyridine rings is 1. The Morgan fingerprint density at radius 2 is 1.95 bits per heavy atom. The number of amides is 4. The number of hydrogen-bond donors (Lipinski definition) is 2. The van der Waals surface area contributed by atoms with Gasteiger partial charge in [-0.15, -0.1) is 0 Å². The molecule has 4 rings (SSSR count). The second-order valence-electron chi connectivity index (χ2n) is 8.72. The average molecular weight is 557 g/mol. The molecule has 1 aliphatic carbocycles. The molecular formula is C26H29ClN6O6. The van der Waals surface area contributed by atoms with Gasteiger partial charge >= 0.3 is 18.0 Å². The van der Waals surface area contributed by atoms with Crippen molar-refractivity contribution in [3.8, 4) is 5.75 Å². The zero-order chi connectivity index (χ0) is 27.9. The lowest BCUT2D eigenvalue weighted by atomic mass is 10.1. The maximum atomic E-state index is 13.4. The number of urea groups is 2. The molecule has 1 aromatic heterocycles. The lowest BCUT2D eigenvalue weighted by molar-refractivity contribution is 0.00167. The van der Waals surface area contributed by atoms with E-state index in [1.165, 1.54) is 37.6 Å². The van der Waals surface area contributed by atoms with Gasteiger partial charge in [-0.05, 0) is 42.3 Å². The second kappa shape index (κ2) is 12.7. The fourth-order valence-corrected chi connectivity index (χ4v) is 4.18. The van der Waals surface area contributed by atoms with Crippen molar-refractivity contribution in [2.75, 3.05) is 27.4 Å². The molecular weight excluding hydrogens is 528 g/mol. The SMILES string of the molecule is COCCN1C(=O)N(N)C(NC2C=CC(Oc3cncc(C(=O)OC)c3)=CC2)N(Cc2ccc(Cl)cc2)C1=O. The number of ether oxygens (including phenoxy) is 3. The summed E-state index contributed by atoms with van der Waals surface area (Å²) in [7, 11) is 2.78. The number of esters is 1. The van der Waals surface area contributed by atoms with E-state index in [0.717, 1.165) is 15.5 Å². The van der Waals surface area contributed by atoms with Crippen molar-refractivity contribution in [2.45, 2.75) is 25.3 Å². The molecule has 206 valence electrons. The maximum Gasteiger partial charge on any atom is 0.345 e. The quantitative estimate of drug-likeness (QED) is 0.257. The van der Waals surface area contributed by atoms with Gasteiger partial charge in [0.25, 0.3) is 0 Å². The van der Waals surface area contributed by atoms with Gasteiger partial charge in [0.1, 0.15) is 11.5 Å². The Morgan fingerprint density at radius 1 is 1.18 bits per heavy atom. The van der Waals surface area contributed by atoms with E-state index in [9.17, 15) is 14.4 Å². The van der Waals surface area contributed by atoms with Gasteiger partial charge in [0.05, 0.1) is 38.6 Å². The van der Waals surface area contributed by atoms with Crippen LogP contribution in [0.4, 0.5) is 9.59 Å². The van der Waals surface area contributed by atoms with Crippen LogP contribution in [0.25, 0.3) is 0 Å². The molecule has 2 aromatic rings. The van der Waals surface area contributed by atoms with Crippen LogP contribution in [0.15, 0.2) is 66.7 Å². The molecule has 2 atom stereocenters. The van der Waals surface area contributed by atoms with E-state index < -0.39 is 24.3 Å². The summed E-state index contributed by atoms with van der Waals surface area (Å²) < 4.78 is 15.6. The van der Waals surface area contributed by atoms with Gasteiger partial charge in [0.2, 0.25) is 0 Å². The number of allylic oxidation sites excluding steroid dienone is 1. The van der Waals surface area contributed by atoms with E-state index in [1.54, 1.807) is 30.3 Å². The van der Waals surface area contributed by atoms with Crippen molar-refractivity contribution in [2.24, 2.45) is 5.84 Å². The summed E-state index contributed by atoms with van der Waals surface area (Å²) in [6.45, 7) is 0.419. The van der Waals surface area contributed by atoms with Gasteiger partial charge in [0.15, 0.2) is 6.29 Å². The highest BCUT2D eigenvalue weighted by atomic mass is 35.5. The van der Waals surface area contributed by atoms with E-state index in [2.05, 4.69) is 10.3 Å². The fraction of sp³-hybridized carbons (Fsp3) is 0.308. The van der Waals surface area contributed by atoms with Crippen molar-refractivity contribution in [1.82, 2.24) is 25.1 Å². The lowest BCUT2D eigenvalue weighted by Gasteiger charge is -2.46. The van der Waals surface area contributed by atoms with Crippen LogP contribution in [-0.2, 0) is 16.0 Å². The summed E-state index contributed by atoms with van der Waals surface area (Å²) in [5, 5.41) is 4.85. The Labute approximate surface area is 230 Å². The van der Waals surface area contributed by atoms with Gasteiger partial charge in [-0.25, -0.2) is 30.1 Å². The first-order valence-corrected chi connectivity index (χ1v) is 12.4. The number of hydrazine groups is 1. The second-order valence-corrected chi connectivity index (χ2v) is 9.16. The zero-order valence-corrected chi connectivity index (χ0v) is 22.2. The topological polar surface area (TPSA) is 140 Å². The minimum Gasteiger partial charge on any atom is -0.465 e. The van der Waals surface area contributed by atoms with Gasteiger partial charge in [-0.1, -0.05) is 29.8 Å². The molecule has 13 heteroatoms. The number of rotatable bonds is 10. The van der Waals surface area contributed by atoms with Crippen LogP contribution in [0.3, 0.4) is 0 Å². The smallest absolute Gasteiger partial charge is 0.345 e. The molecule has 4 amide bonds. The molecule has 1 aliphatic heterocycles. The molecule has 1 aromatic carbocycles. The molecule has 1 fully saturated rings. The van der Waals surface area contributed by atoms with Gasteiger partial charge in [0, 0.05) is 24.4 Å². The highest BCUT2D eigenvalue weighted by Crippen LogP contribution is 2.23. The van der Waals surface area contributed by atoms with Crippen molar-refractivity contribution in [1.29, 1.82) is 0 Å². The standard InChI is InChI=1S/C26H29ClN6O6/c1-37-12-11-31-25(35)32(16-17-3-5-19(27)6-4-17)24(33(28)26(31)36)30-20-7-9-21(10-8-20)39-22-13-18(14-29-15-22)23(34)38-2/h3-7,9-10,13-15,20,24,30H,8,11-12,16,28H2,1-2H3. The lowest BCUT2D eigenvalue weighted by Crippen LogP contribution is -2.73. The molecule has 0 bridgehead atoms. The third-order valence-corrected chi connectivity index (χ3v) is 6.32. The number of nitrogens with zero attached hydrogens (tertiary/aromatic N) is 4. The first-order chi connectivity index (χ1) is 18.8. The summed E-state index contributed by atoms with van der Waals surface area (Å²) in [5.74, 6) is 6.63. The largest absolute Gasteiger partial charge is 0.465 e. The van der Waals surface area contributed by atoms with Gasteiger partial charge in [-0.2, -0.15) is 0 Å². The monoisotopic (exact) mass is 556 g/mol. The highest BCUT2D eigenvalue weighted by Gasteiger charge is 2.43. The minimum absolute atomic E-state index is 0.0600. The van der Waals surface area contributed by atoms with Crippen LogP contribution in [0, 0.1) is 0 Å². The molecule has 12 nitrogen and oxygen atoms in total. The molecule has 2 aliphatic rings. The molecule has 39 heavy (non-hydrogen) atoms. The number of methoxy groups -OCH3 is 2. The first kappa shape index (κ1) is 28.0. The van der Waals surface area contributed by atoms with Crippen LogP contribution in [0.5, 0.6) is 5.75 Å². The number of halogens is 1. The predicted molar refractivity (Wildman–Crippen MR) is 141 cm³/mol. The number of benzene rings is 1. The van der Waals surface area contributed by atoms with E-state index in [0.29, 0.717) is 23.0 Å². The molecule has 0 spiro atoms. The molecule has 3 N–H and O–H groups in total. The number of nitrogens with one attached hydrogen (secondary N) is 1. The third-order valence-electron chi connectivity index (χ3n) is 6.07. The van der Waals surface area contributed by atoms with E-state index in [1.807, 2.05) is 12.2 Å². The average Bonchev–Trinajstić information content (AvgIpc) is 2.95. The normalized spacial score (nSPS) is 19.3.